The number of unbranched alkanes of at least 4 members (excludes halogenated alkanes) is 1. The monoisotopic (exact) mass is 340 g/mol. The lowest BCUT2D eigenvalue weighted by atomic mass is 10.1. The zero-order valence-electron chi connectivity index (χ0n) is 14.0. The first-order chi connectivity index (χ1) is 12.2. The molecule has 0 atom stereocenters. The van der Waals surface area contributed by atoms with Crippen molar-refractivity contribution in [2.45, 2.75) is 26.2 Å². The summed E-state index contributed by atoms with van der Waals surface area (Å²) in [5, 5.41) is 0. The van der Waals surface area contributed by atoms with Gasteiger partial charge in [0.1, 0.15) is 0 Å². The summed E-state index contributed by atoms with van der Waals surface area (Å²) in [6.45, 7) is 2.29. The lowest BCUT2D eigenvalue weighted by molar-refractivity contribution is 0.0846. The Bertz CT molecular complexity index is 771. The number of carbonyl (C=O) groups is 2. The van der Waals surface area contributed by atoms with E-state index in [2.05, 4.69) is 17.8 Å². The maximum absolute atomic E-state index is 12.1. The molecule has 0 bridgehead atoms. The van der Waals surface area contributed by atoms with Crippen LogP contribution in [0.15, 0.2) is 42.5 Å². The molecule has 0 fully saturated rings. The van der Waals surface area contributed by atoms with Crippen LogP contribution in [0, 0.1) is 0 Å². The van der Waals surface area contributed by atoms with Gasteiger partial charge in [-0.1, -0.05) is 25.5 Å². The van der Waals surface area contributed by atoms with Crippen molar-refractivity contribution in [3.63, 3.8) is 0 Å². The molecule has 2 N–H and O–H groups in total. The summed E-state index contributed by atoms with van der Waals surface area (Å²) in [6.07, 6.45) is 3.25. The molecule has 0 saturated carbocycles. The van der Waals surface area contributed by atoms with Gasteiger partial charge < -0.3 is 9.47 Å². The first-order valence-electron chi connectivity index (χ1n) is 8.26. The van der Waals surface area contributed by atoms with Gasteiger partial charge in [-0.15, -0.1) is 0 Å². The van der Waals surface area contributed by atoms with Crippen LogP contribution in [0.1, 0.15) is 46.0 Å². The lowest BCUT2D eigenvalue weighted by Crippen LogP contribution is -2.41. The molecule has 1 aliphatic heterocycles. The summed E-state index contributed by atoms with van der Waals surface area (Å²) in [4.78, 5) is 24.3. The number of nitrogens with one attached hydrogen (secondary N) is 2. The number of benzene rings is 2. The number of fused-ring (bicyclic) bond motifs is 1. The standard InChI is InChI=1S/C19H20N2O4/c1-2-3-4-13-5-7-14(8-6-13)18(22)20-21-19(23)15-9-10-16-17(11-15)25-12-24-16/h5-11H,2-4,12H2,1H3,(H,20,22)(H,21,23). The molecule has 1 aliphatic rings. The van der Waals surface area contributed by atoms with Crippen LogP contribution >= 0.6 is 0 Å². The zero-order chi connectivity index (χ0) is 17.6. The van der Waals surface area contributed by atoms with Gasteiger partial charge in [-0.25, -0.2) is 0 Å². The Morgan fingerprint density at radius 3 is 2.28 bits per heavy atom. The van der Waals surface area contributed by atoms with E-state index in [0.717, 1.165) is 19.3 Å². The third kappa shape index (κ3) is 4.09. The molecule has 3 rings (SSSR count). The van der Waals surface area contributed by atoms with Gasteiger partial charge >= 0.3 is 0 Å². The molecule has 0 aliphatic carbocycles. The lowest BCUT2D eigenvalue weighted by Gasteiger charge is -2.08. The molecule has 6 heteroatoms. The molecular formula is C19H20N2O4. The second-order valence-electron chi connectivity index (χ2n) is 5.78. The highest BCUT2D eigenvalue weighted by Crippen LogP contribution is 2.32. The Kier molecular flexibility index (Phi) is 5.18. The van der Waals surface area contributed by atoms with Crippen molar-refractivity contribution in [1.82, 2.24) is 10.9 Å². The molecular weight excluding hydrogens is 320 g/mol. The maximum atomic E-state index is 12.1. The predicted molar refractivity (Wildman–Crippen MR) is 92.6 cm³/mol. The molecule has 0 unspecified atom stereocenters. The van der Waals surface area contributed by atoms with Crippen LogP contribution in [0.4, 0.5) is 0 Å². The van der Waals surface area contributed by atoms with E-state index >= 15 is 0 Å². The van der Waals surface area contributed by atoms with E-state index in [1.54, 1.807) is 30.3 Å². The van der Waals surface area contributed by atoms with Gasteiger partial charge in [0.15, 0.2) is 11.5 Å². The number of rotatable bonds is 5. The van der Waals surface area contributed by atoms with Crippen LogP contribution in [-0.4, -0.2) is 18.6 Å². The Balaban J connectivity index is 1.55. The Hall–Kier alpha value is -3.02. The highest BCUT2D eigenvalue weighted by Gasteiger charge is 2.16. The van der Waals surface area contributed by atoms with Crippen molar-refractivity contribution in [2.24, 2.45) is 0 Å². The Morgan fingerprint density at radius 2 is 1.56 bits per heavy atom. The first kappa shape index (κ1) is 16.8. The summed E-state index contributed by atoms with van der Waals surface area (Å²) in [5.74, 6) is 0.327. The summed E-state index contributed by atoms with van der Waals surface area (Å²) < 4.78 is 10.4. The summed E-state index contributed by atoms with van der Waals surface area (Å²) in [6, 6.07) is 12.2. The van der Waals surface area contributed by atoms with Crippen molar-refractivity contribution in [3.05, 3.63) is 59.2 Å². The van der Waals surface area contributed by atoms with Gasteiger partial charge in [0.2, 0.25) is 6.79 Å². The Labute approximate surface area is 146 Å². The minimum Gasteiger partial charge on any atom is -0.454 e. The molecule has 0 radical (unpaired) electrons. The van der Waals surface area contributed by atoms with Gasteiger partial charge in [0.05, 0.1) is 0 Å². The molecule has 130 valence electrons. The van der Waals surface area contributed by atoms with Gasteiger partial charge in [-0.05, 0) is 48.7 Å². The third-order valence-electron chi connectivity index (χ3n) is 3.96. The summed E-state index contributed by atoms with van der Waals surface area (Å²) in [5.41, 5.74) is 6.88. The molecule has 2 amide bonds. The molecule has 6 nitrogen and oxygen atoms in total. The van der Waals surface area contributed by atoms with E-state index in [1.807, 2.05) is 12.1 Å². The van der Waals surface area contributed by atoms with Crippen LogP contribution in [0.3, 0.4) is 0 Å². The fraction of sp³-hybridized carbons (Fsp3) is 0.263. The van der Waals surface area contributed by atoms with E-state index in [0.29, 0.717) is 22.6 Å². The normalized spacial score (nSPS) is 11.9. The fourth-order valence-electron chi connectivity index (χ4n) is 2.50. The minimum absolute atomic E-state index is 0.144. The molecule has 25 heavy (non-hydrogen) atoms. The van der Waals surface area contributed by atoms with Crippen molar-refractivity contribution >= 4 is 11.8 Å². The highest BCUT2D eigenvalue weighted by atomic mass is 16.7. The number of aryl methyl sites for hydroxylation is 1. The topological polar surface area (TPSA) is 76.7 Å². The number of hydrogen-bond donors (Lipinski definition) is 2. The zero-order valence-corrected chi connectivity index (χ0v) is 14.0. The van der Waals surface area contributed by atoms with Gasteiger partial charge in [-0.3, -0.25) is 20.4 Å². The fourth-order valence-corrected chi connectivity index (χ4v) is 2.50. The van der Waals surface area contributed by atoms with Crippen LogP contribution in [0.2, 0.25) is 0 Å². The van der Waals surface area contributed by atoms with E-state index in [4.69, 9.17) is 9.47 Å². The van der Waals surface area contributed by atoms with Crippen LogP contribution < -0.4 is 20.3 Å². The average molecular weight is 340 g/mol. The van der Waals surface area contributed by atoms with Crippen LogP contribution in [0.25, 0.3) is 0 Å². The Morgan fingerprint density at radius 1 is 0.920 bits per heavy atom. The molecule has 2 aromatic rings. The van der Waals surface area contributed by atoms with E-state index in [9.17, 15) is 9.59 Å². The van der Waals surface area contributed by atoms with E-state index < -0.39 is 5.91 Å². The van der Waals surface area contributed by atoms with Gasteiger partial charge in [-0.2, -0.15) is 0 Å². The first-order valence-corrected chi connectivity index (χ1v) is 8.26. The van der Waals surface area contributed by atoms with Crippen molar-refractivity contribution in [2.75, 3.05) is 6.79 Å². The van der Waals surface area contributed by atoms with Crippen molar-refractivity contribution in [1.29, 1.82) is 0 Å². The number of amides is 2. The largest absolute Gasteiger partial charge is 0.454 e. The van der Waals surface area contributed by atoms with Crippen LogP contribution in [0.5, 0.6) is 11.5 Å². The molecule has 2 aromatic carbocycles. The second-order valence-corrected chi connectivity index (χ2v) is 5.78. The molecule has 0 saturated heterocycles. The van der Waals surface area contributed by atoms with E-state index in [1.165, 1.54) is 5.56 Å². The average Bonchev–Trinajstić information content (AvgIpc) is 3.12. The number of hydrogen-bond acceptors (Lipinski definition) is 4. The summed E-state index contributed by atoms with van der Waals surface area (Å²) in [7, 11) is 0. The number of carbonyl (C=O) groups excluding carboxylic acids is 2. The SMILES string of the molecule is CCCCc1ccc(C(=O)NNC(=O)c2ccc3c(c2)OCO3)cc1. The minimum atomic E-state index is -0.425. The van der Waals surface area contributed by atoms with Crippen molar-refractivity contribution < 1.29 is 19.1 Å². The predicted octanol–water partition coefficient (Wildman–Crippen LogP) is 2.83. The maximum Gasteiger partial charge on any atom is 0.269 e. The molecule has 1 heterocycles. The van der Waals surface area contributed by atoms with Crippen LogP contribution in [-0.2, 0) is 6.42 Å². The quantitative estimate of drug-likeness (QED) is 0.821. The number of ether oxygens (including phenoxy) is 2. The van der Waals surface area contributed by atoms with Crippen molar-refractivity contribution in [3.8, 4) is 11.5 Å². The summed E-state index contributed by atoms with van der Waals surface area (Å²) >= 11 is 0. The number of hydrazine groups is 1. The van der Waals surface area contributed by atoms with E-state index in [-0.39, 0.29) is 12.7 Å². The molecule has 0 spiro atoms. The smallest absolute Gasteiger partial charge is 0.269 e. The van der Waals surface area contributed by atoms with Gasteiger partial charge in [0, 0.05) is 11.1 Å². The second kappa shape index (κ2) is 7.70. The third-order valence-corrected chi connectivity index (χ3v) is 3.96. The highest BCUT2D eigenvalue weighted by molar-refractivity contribution is 5.99. The molecule has 0 aromatic heterocycles. The van der Waals surface area contributed by atoms with Gasteiger partial charge in [0.25, 0.3) is 11.8 Å².